The summed E-state index contributed by atoms with van der Waals surface area (Å²) < 4.78 is 7.06. The number of hydrogen-bond donors (Lipinski definition) is 0. The van der Waals surface area contributed by atoms with Crippen molar-refractivity contribution in [3.8, 4) is 0 Å². The van der Waals surface area contributed by atoms with E-state index in [1.165, 1.54) is 23.2 Å². The number of carbonyl (C=O) groups is 1. The van der Waals surface area contributed by atoms with E-state index in [9.17, 15) is 4.79 Å². The molecule has 0 aromatic rings. The van der Waals surface area contributed by atoms with Crippen LogP contribution in [0.4, 0.5) is 0 Å². The zero-order chi connectivity index (χ0) is 22.5. The highest BCUT2D eigenvalue weighted by atomic mass is 28.4. The van der Waals surface area contributed by atoms with Crippen LogP contribution in [0.2, 0.25) is 16.6 Å². The van der Waals surface area contributed by atoms with E-state index < -0.39 is 8.32 Å². The summed E-state index contributed by atoms with van der Waals surface area (Å²) >= 11 is 0. The summed E-state index contributed by atoms with van der Waals surface area (Å²) in [6.45, 7) is 18.5. The van der Waals surface area contributed by atoms with Gasteiger partial charge in [0.1, 0.15) is 6.29 Å². The van der Waals surface area contributed by atoms with Crippen LogP contribution in [0.25, 0.3) is 0 Å². The van der Waals surface area contributed by atoms with Gasteiger partial charge in [0, 0.05) is 11.8 Å². The number of hydrogen-bond acceptors (Lipinski definition) is 2. The summed E-state index contributed by atoms with van der Waals surface area (Å²) in [5.41, 5.74) is 4.31. The molecule has 30 heavy (non-hydrogen) atoms. The van der Waals surface area contributed by atoms with Gasteiger partial charge < -0.3 is 9.22 Å². The number of fused-ring (bicyclic) bond motifs is 1. The lowest BCUT2D eigenvalue weighted by molar-refractivity contribution is -0.119. The zero-order valence-corrected chi connectivity index (χ0v) is 21.9. The van der Waals surface area contributed by atoms with E-state index in [1.807, 2.05) is 0 Å². The zero-order valence-electron chi connectivity index (χ0n) is 20.9. The molecule has 0 saturated heterocycles. The molecule has 0 bridgehead atoms. The summed E-state index contributed by atoms with van der Waals surface area (Å²) in [4.78, 5) is 12.5. The first kappa shape index (κ1) is 25.2. The maximum absolute atomic E-state index is 12.5. The Hall–Kier alpha value is -1.09. The van der Waals surface area contributed by atoms with Gasteiger partial charge in [-0.2, -0.15) is 0 Å². The average Bonchev–Trinajstić information content (AvgIpc) is 2.70. The normalized spacial score (nSPS) is 30.0. The molecule has 0 N–H and O–H groups in total. The Balaban J connectivity index is 2.42. The first-order valence-corrected chi connectivity index (χ1v) is 14.4. The van der Waals surface area contributed by atoms with Gasteiger partial charge in [-0.15, -0.1) is 0 Å². The summed E-state index contributed by atoms with van der Waals surface area (Å²) in [5, 5.41) is 0. The molecule has 2 atom stereocenters. The van der Waals surface area contributed by atoms with Crippen LogP contribution < -0.4 is 0 Å². The molecule has 2 rings (SSSR count). The van der Waals surface area contributed by atoms with Crippen LogP contribution >= 0.6 is 0 Å². The summed E-state index contributed by atoms with van der Waals surface area (Å²) in [6, 6.07) is 0. The van der Waals surface area contributed by atoms with E-state index in [-0.39, 0.29) is 11.3 Å². The fraction of sp³-hybridized carbons (Fsp3) is 0.741. The van der Waals surface area contributed by atoms with E-state index in [0.717, 1.165) is 44.9 Å². The molecule has 0 fully saturated rings. The molecular weight excluding hydrogens is 384 g/mol. The van der Waals surface area contributed by atoms with Crippen LogP contribution in [-0.4, -0.2) is 14.6 Å². The Morgan fingerprint density at radius 1 is 0.967 bits per heavy atom. The van der Waals surface area contributed by atoms with E-state index in [1.54, 1.807) is 0 Å². The molecule has 2 aliphatic carbocycles. The fourth-order valence-electron chi connectivity index (χ4n) is 6.00. The Morgan fingerprint density at radius 3 is 2.13 bits per heavy atom. The second-order valence-corrected chi connectivity index (χ2v) is 16.3. The molecule has 3 heteroatoms. The first-order chi connectivity index (χ1) is 14.1. The Kier molecular flexibility index (Phi) is 8.79. The monoisotopic (exact) mass is 430 g/mol. The molecule has 0 aromatic heterocycles. The third-order valence-corrected chi connectivity index (χ3v) is 14.0. The van der Waals surface area contributed by atoms with Crippen molar-refractivity contribution in [1.29, 1.82) is 0 Å². The largest absolute Gasteiger partial charge is 0.546 e. The molecule has 0 aromatic carbocycles. The lowest BCUT2D eigenvalue weighted by atomic mass is 9.66. The Morgan fingerprint density at radius 2 is 1.57 bits per heavy atom. The van der Waals surface area contributed by atoms with Gasteiger partial charge in [0.2, 0.25) is 0 Å². The quantitative estimate of drug-likeness (QED) is 0.240. The van der Waals surface area contributed by atoms with Crippen LogP contribution in [0.3, 0.4) is 0 Å². The third kappa shape index (κ3) is 5.39. The molecule has 0 radical (unpaired) electrons. The second kappa shape index (κ2) is 10.5. The number of aldehydes is 1. The van der Waals surface area contributed by atoms with Crippen molar-refractivity contribution in [2.75, 3.05) is 0 Å². The maximum atomic E-state index is 12.5. The number of carbonyl (C=O) groups excluding carboxylic acids is 1. The van der Waals surface area contributed by atoms with E-state index in [4.69, 9.17) is 4.43 Å². The summed E-state index contributed by atoms with van der Waals surface area (Å²) in [6.07, 6.45) is 15.4. The van der Waals surface area contributed by atoms with Crippen molar-refractivity contribution in [3.05, 3.63) is 35.1 Å². The predicted octanol–water partition coefficient (Wildman–Crippen LogP) is 8.51. The van der Waals surface area contributed by atoms with Gasteiger partial charge in [-0.25, -0.2) is 0 Å². The summed E-state index contributed by atoms with van der Waals surface area (Å²) in [5.74, 6) is 1.44. The van der Waals surface area contributed by atoms with E-state index >= 15 is 0 Å². The standard InChI is InChI=1S/C27H46O2Si/c1-20(2)30(21(3)4,22(5)6)29-26-15-17-27(19-28)16-14-24(8)11-9-10-23(7)12-13-25(27)18-26/h10,14,18-22,25H,9,11-13,15-17H2,1-8H3/b23-10+,24-14+/t25-,27-/m1/s1. The number of rotatable bonds is 6. The Bertz CT molecular complexity index is 661. The highest BCUT2D eigenvalue weighted by Gasteiger charge is 2.48. The molecule has 0 unspecified atom stereocenters. The molecule has 2 nitrogen and oxygen atoms in total. The molecule has 0 spiro atoms. The maximum Gasteiger partial charge on any atom is 0.258 e. The SMILES string of the molecule is C/C1=C\C[C@]2(C=O)CCC(O[Si](C(C)C)(C(C)C)C(C)C)=C[C@H]2CC/C(C)=C/CC1. The van der Waals surface area contributed by atoms with Gasteiger partial charge in [0.25, 0.3) is 8.32 Å². The smallest absolute Gasteiger partial charge is 0.258 e. The minimum atomic E-state index is -1.96. The Labute approximate surface area is 187 Å². The minimum Gasteiger partial charge on any atom is -0.546 e. The van der Waals surface area contributed by atoms with Crippen molar-refractivity contribution in [3.63, 3.8) is 0 Å². The van der Waals surface area contributed by atoms with Crippen LogP contribution in [0.1, 0.15) is 100 Å². The second-order valence-electron chi connectivity index (χ2n) is 10.9. The number of allylic oxidation sites excluding steroid dienone is 6. The average molecular weight is 431 g/mol. The molecule has 2 aliphatic rings. The van der Waals surface area contributed by atoms with Crippen LogP contribution in [0, 0.1) is 11.3 Å². The third-order valence-electron chi connectivity index (χ3n) is 7.92. The van der Waals surface area contributed by atoms with Crippen LogP contribution in [-0.2, 0) is 9.22 Å². The summed E-state index contributed by atoms with van der Waals surface area (Å²) in [7, 11) is -1.96. The molecule has 0 heterocycles. The molecular formula is C27H46O2Si. The molecule has 170 valence electrons. The van der Waals surface area contributed by atoms with Gasteiger partial charge in [-0.05, 0) is 81.0 Å². The van der Waals surface area contributed by atoms with Gasteiger partial charge in [-0.1, -0.05) is 64.8 Å². The van der Waals surface area contributed by atoms with Crippen molar-refractivity contribution < 1.29 is 9.22 Å². The minimum absolute atomic E-state index is 0.266. The van der Waals surface area contributed by atoms with Gasteiger partial charge in [0.15, 0.2) is 0 Å². The van der Waals surface area contributed by atoms with Crippen molar-refractivity contribution in [2.45, 2.75) is 117 Å². The van der Waals surface area contributed by atoms with Crippen LogP contribution in [0.15, 0.2) is 35.1 Å². The highest BCUT2D eigenvalue weighted by Crippen LogP contribution is 2.49. The lowest BCUT2D eigenvalue weighted by Gasteiger charge is -2.45. The van der Waals surface area contributed by atoms with Crippen molar-refractivity contribution >= 4 is 14.6 Å². The van der Waals surface area contributed by atoms with Gasteiger partial charge in [-0.3, -0.25) is 0 Å². The predicted molar refractivity (Wildman–Crippen MR) is 132 cm³/mol. The highest BCUT2D eigenvalue weighted by molar-refractivity contribution is 6.77. The van der Waals surface area contributed by atoms with Crippen LogP contribution in [0.5, 0.6) is 0 Å². The molecule has 0 saturated carbocycles. The molecule has 0 aliphatic heterocycles. The van der Waals surface area contributed by atoms with E-state index in [2.05, 4.69) is 73.6 Å². The van der Waals surface area contributed by atoms with Gasteiger partial charge >= 0.3 is 0 Å². The molecule has 0 amide bonds. The topological polar surface area (TPSA) is 26.3 Å². The lowest BCUT2D eigenvalue weighted by Crippen LogP contribution is -2.48. The van der Waals surface area contributed by atoms with Crippen molar-refractivity contribution in [2.24, 2.45) is 11.3 Å². The fourth-order valence-corrected chi connectivity index (χ4v) is 11.3. The van der Waals surface area contributed by atoms with Crippen molar-refractivity contribution in [1.82, 2.24) is 0 Å². The van der Waals surface area contributed by atoms with Gasteiger partial charge in [0.05, 0.1) is 5.76 Å². The van der Waals surface area contributed by atoms with E-state index in [0.29, 0.717) is 16.6 Å². The first-order valence-electron chi connectivity index (χ1n) is 12.2.